The molecule has 1 atom stereocenters. The lowest BCUT2D eigenvalue weighted by Crippen LogP contribution is -2.18. The fourth-order valence-corrected chi connectivity index (χ4v) is 2.11. The van der Waals surface area contributed by atoms with E-state index >= 15 is 0 Å². The maximum absolute atomic E-state index is 3.43. The minimum absolute atomic E-state index is 0.585. The van der Waals surface area contributed by atoms with E-state index in [-0.39, 0.29) is 0 Å². The van der Waals surface area contributed by atoms with Crippen LogP contribution in [0.3, 0.4) is 0 Å². The van der Waals surface area contributed by atoms with Crippen molar-refractivity contribution in [1.82, 2.24) is 5.32 Å². The average molecular weight is 189 g/mol. The molecule has 0 spiro atoms. The SMILES string of the molecule is CCc1cccc(C(NC)C2CC2)c1. The molecule has 1 aromatic rings. The monoisotopic (exact) mass is 189 g/mol. The van der Waals surface area contributed by atoms with Gasteiger partial charge in [0.25, 0.3) is 0 Å². The van der Waals surface area contributed by atoms with Gasteiger partial charge in [0.15, 0.2) is 0 Å². The molecule has 1 nitrogen and oxygen atoms in total. The van der Waals surface area contributed by atoms with E-state index in [4.69, 9.17) is 0 Å². The van der Waals surface area contributed by atoms with E-state index in [0.29, 0.717) is 6.04 Å². The fourth-order valence-electron chi connectivity index (χ4n) is 2.11. The average Bonchev–Trinajstić information content (AvgIpc) is 3.04. The first-order valence-electron chi connectivity index (χ1n) is 5.61. The molecule has 1 unspecified atom stereocenters. The van der Waals surface area contributed by atoms with Crippen molar-refractivity contribution in [2.24, 2.45) is 5.92 Å². The molecular formula is C13H19N. The van der Waals surface area contributed by atoms with Crippen LogP contribution < -0.4 is 5.32 Å². The Morgan fingerprint density at radius 2 is 2.21 bits per heavy atom. The Balaban J connectivity index is 2.20. The zero-order valence-electron chi connectivity index (χ0n) is 9.09. The van der Waals surface area contributed by atoms with E-state index in [2.05, 4.69) is 43.6 Å². The molecule has 1 aromatic carbocycles. The summed E-state index contributed by atoms with van der Waals surface area (Å²) in [6, 6.07) is 9.57. The number of nitrogens with one attached hydrogen (secondary N) is 1. The van der Waals surface area contributed by atoms with Crippen molar-refractivity contribution >= 4 is 0 Å². The van der Waals surface area contributed by atoms with Gasteiger partial charge in [0.05, 0.1) is 0 Å². The Kier molecular flexibility index (Phi) is 2.87. The molecule has 1 saturated carbocycles. The molecule has 1 aliphatic carbocycles. The molecule has 1 fully saturated rings. The van der Waals surface area contributed by atoms with Gasteiger partial charge in [-0.25, -0.2) is 0 Å². The summed E-state index contributed by atoms with van der Waals surface area (Å²) in [5.74, 6) is 0.882. The van der Waals surface area contributed by atoms with Gasteiger partial charge in [0.2, 0.25) is 0 Å². The first-order chi connectivity index (χ1) is 6.85. The van der Waals surface area contributed by atoms with Gasteiger partial charge < -0.3 is 5.32 Å². The topological polar surface area (TPSA) is 12.0 Å². The molecule has 1 aliphatic rings. The quantitative estimate of drug-likeness (QED) is 0.768. The largest absolute Gasteiger partial charge is 0.313 e. The lowest BCUT2D eigenvalue weighted by atomic mass is 9.99. The summed E-state index contributed by atoms with van der Waals surface area (Å²) in [4.78, 5) is 0. The highest BCUT2D eigenvalue weighted by atomic mass is 14.9. The third-order valence-electron chi connectivity index (χ3n) is 3.12. The van der Waals surface area contributed by atoms with Crippen molar-refractivity contribution in [1.29, 1.82) is 0 Å². The second-order valence-electron chi connectivity index (χ2n) is 4.20. The highest BCUT2D eigenvalue weighted by Crippen LogP contribution is 2.40. The van der Waals surface area contributed by atoms with E-state index in [1.54, 1.807) is 0 Å². The minimum Gasteiger partial charge on any atom is -0.313 e. The van der Waals surface area contributed by atoms with Gasteiger partial charge in [-0.2, -0.15) is 0 Å². The summed E-state index contributed by atoms with van der Waals surface area (Å²) in [5.41, 5.74) is 2.91. The summed E-state index contributed by atoms with van der Waals surface area (Å²) in [6.45, 7) is 2.21. The highest BCUT2D eigenvalue weighted by molar-refractivity contribution is 5.27. The second-order valence-corrected chi connectivity index (χ2v) is 4.20. The van der Waals surface area contributed by atoms with Gasteiger partial charge in [-0.05, 0) is 43.4 Å². The van der Waals surface area contributed by atoms with E-state index in [9.17, 15) is 0 Å². The summed E-state index contributed by atoms with van der Waals surface area (Å²) < 4.78 is 0. The van der Waals surface area contributed by atoms with Crippen LogP contribution in [0.15, 0.2) is 24.3 Å². The van der Waals surface area contributed by atoms with Crippen LogP contribution in [0.2, 0.25) is 0 Å². The zero-order chi connectivity index (χ0) is 9.97. The van der Waals surface area contributed by atoms with E-state index in [0.717, 1.165) is 12.3 Å². The highest BCUT2D eigenvalue weighted by Gasteiger charge is 2.30. The number of aryl methyl sites for hydroxylation is 1. The smallest absolute Gasteiger partial charge is 0.0346 e. The Hall–Kier alpha value is -0.820. The molecule has 0 bridgehead atoms. The van der Waals surface area contributed by atoms with Gasteiger partial charge in [-0.3, -0.25) is 0 Å². The van der Waals surface area contributed by atoms with E-state index in [1.807, 2.05) is 0 Å². The van der Waals surface area contributed by atoms with Crippen LogP contribution in [0.4, 0.5) is 0 Å². The molecule has 76 valence electrons. The molecule has 0 aromatic heterocycles. The van der Waals surface area contributed by atoms with Crippen LogP contribution in [0, 0.1) is 5.92 Å². The molecule has 1 heteroatoms. The molecule has 2 rings (SSSR count). The number of hydrogen-bond donors (Lipinski definition) is 1. The van der Waals surface area contributed by atoms with E-state index < -0.39 is 0 Å². The molecule has 0 heterocycles. The summed E-state index contributed by atoms with van der Waals surface area (Å²) in [6.07, 6.45) is 3.92. The Morgan fingerprint density at radius 1 is 1.43 bits per heavy atom. The molecule has 0 aliphatic heterocycles. The molecule has 0 saturated heterocycles. The first-order valence-corrected chi connectivity index (χ1v) is 5.61. The minimum atomic E-state index is 0.585. The maximum Gasteiger partial charge on any atom is 0.0346 e. The normalized spacial score (nSPS) is 18.1. The van der Waals surface area contributed by atoms with Crippen molar-refractivity contribution in [2.45, 2.75) is 32.2 Å². The van der Waals surface area contributed by atoms with Crippen LogP contribution in [-0.4, -0.2) is 7.05 Å². The predicted molar refractivity (Wildman–Crippen MR) is 60.3 cm³/mol. The molecular weight excluding hydrogens is 170 g/mol. The van der Waals surface area contributed by atoms with Crippen molar-refractivity contribution in [3.8, 4) is 0 Å². The fraction of sp³-hybridized carbons (Fsp3) is 0.538. The Morgan fingerprint density at radius 3 is 2.79 bits per heavy atom. The van der Waals surface area contributed by atoms with Gasteiger partial charge in [0, 0.05) is 6.04 Å². The molecule has 1 N–H and O–H groups in total. The van der Waals surface area contributed by atoms with Crippen molar-refractivity contribution in [3.05, 3.63) is 35.4 Å². The summed E-state index contributed by atoms with van der Waals surface area (Å²) in [7, 11) is 2.07. The summed E-state index contributed by atoms with van der Waals surface area (Å²) in [5, 5.41) is 3.43. The second kappa shape index (κ2) is 4.14. The van der Waals surface area contributed by atoms with E-state index in [1.165, 1.54) is 24.0 Å². The van der Waals surface area contributed by atoms with Crippen molar-refractivity contribution in [3.63, 3.8) is 0 Å². The van der Waals surface area contributed by atoms with Gasteiger partial charge in [-0.1, -0.05) is 31.2 Å². The third kappa shape index (κ3) is 1.98. The van der Waals surface area contributed by atoms with Crippen LogP contribution in [0.1, 0.15) is 36.9 Å². The van der Waals surface area contributed by atoms with Crippen LogP contribution in [-0.2, 0) is 6.42 Å². The van der Waals surface area contributed by atoms with Gasteiger partial charge in [0.1, 0.15) is 0 Å². The van der Waals surface area contributed by atoms with Gasteiger partial charge >= 0.3 is 0 Å². The number of rotatable bonds is 4. The zero-order valence-corrected chi connectivity index (χ0v) is 9.09. The predicted octanol–water partition coefficient (Wildman–Crippen LogP) is 2.92. The van der Waals surface area contributed by atoms with Crippen LogP contribution >= 0.6 is 0 Å². The molecule has 0 amide bonds. The standard InChI is InChI=1S/C13H19N/c1-3-10-5-4-6-12(9-10)13(14-2)11-7-8-11/h4-6,9,11,13-14H,3,7-8H2,1-2H3. The van der Waals surface area contributed by atoms with Crippen LogP contribution in [0.5, 0.6) is 0 Å². The lowest BCUT2D eigenvalue weighted by molar-refractivity contribution is 0.528. The molecule has 0 radical (unpaired) electrons. The van der Waals surface area contributed by atoms with Gasteiger partial charge in [-0.15, -0.1) is 0 Å². The maximum atomic E-state index is 3.43. The van der Waals surface area contributed by atoms with Crippen LogP contribution in [0.25, 0.3) is 0 Å². The summed E-state index contributed by atoms with van der Waals surface area (Å²) >= 11 is 0. The Labute approximate surface area is 86.5 Å². The first kappa shape index (κ1) is 9.72. The number of hydrogen-bond acceptors (Lipinski definition) is 1. The van der Waals surface area contributed by atoms with Crippen molar-refractivity contribution in [2.75, 3.05) is 7.05 Å². The number of benzene rings is 1. The van der Waals surface area contributed by atoms with Crippen molar-refractivity contribution < 1.29 is 0 Å². The Bertz CT molecular complexity index is 302. The molecule has 14 heavy (non-hydrogen) atoms. The third-order valence-corrected chi connectivity index (χ3v) is 3.12. The lowest BCUT2D eigenvalue weighted by Gasteiger charge is -2.16.